The van der Waals surface area contributed by atoms with Crippen molar-refractivity contribution in [3.63, 3.8) is 0 Å². The van der Waals surface area contributed by atoms with Crippen molar-refractivity contribution in [2.45, 2.75) is 44.0 Å². The summed E-state index contributed by atoms with van der Waals surface area (Å²) in [5.74, 6) is -2.05. The highest BCUT2D eigenvalue weighted by Crippen LogP contribution is 2.44. The maximum absolute atomic E-state index is 10.1. The molecule has 0 radical (unpaired) electrons. The Hall–Kier alpha value is -2.66. The number of phenols is 1. The summed E-state index contributed by atoms with van der Waals surface area (Å²) in [4.78, 5) is 0. The van der Waals surface area contributed by atoms with Crippen LogP contribution in [-0.2, 0) is 5.97 Å². The summed E-state index contributed by atoms with van der Waals surface area (Å²) in [5, 5.41) is 38.0. The third kappa shape index (κ3) is 3.41. The largest absolute Gasteiger partial charge is 0.507 e. The average Bonchev–Trinajstić information content (AvgIpc) is 3.45. The second-order valence-corrected chi connectivity index (χ2v) is 8.67. The number of hydrogen-bond donors (Lipinski definition) is 4. The van der Waals surface area contributed by atoms with Crippen molar-refractivity contribution >= 4 is 17.2 Å². The van der Waals surface area contributed by atoms with Crippen LogP contribution in [0.2, 0.25) is 0 Å². The van der Waals surface area contributed by atoms with Crippen LogP contribution in [0.1, 0.15) is 65.8 Å². The summed E-state index contributed by atoms with van der Waals surface area (Å²) in [6, 6.07) is 11.2. The second kappa shape index (κ2) is 7.24. The average molecular weight is 402 g/mol. The van der Waals surface area contributed by atoms with Crippen LogP contribution in [-0.4, -0.2) is 20.4 Å². The number of aromatic hydroxyl groups is 1. The quantitative estimate of drug-likeness (QED) is 0.561. The highest BCUT2D eigenvalue weighted by Gasteiger charge is 2.29. The first kappa shape index (κ1) is 19.3. The lowest BCUT2D eigenvalue weighted by Crippen LogP contribution is -2.23. The van der Waals surface area contributed by atoms with E-state index in [1.165, 1.54) is 60.1 Å². The van der Waals surface area contributed by atoms with Crippen molar-refractivity contribution < 1.29 is 20.4 Å². The minimum Gasteiger partial charge on any atom is -0.507 e. The zero-order valence-corrected chi connectivity index (χ0v) is 16.8. The van der Waals surface area contributed by atoms with E-state index in [9.17, 15) is 20.4 Å². The summed E-state index contributed by atoms with van der Waals surface area (Å²) in [7, 11) is 0. The summed E-state index contributed by atoms with van der Waals surface area (Å²) < 4.78 is 0. The predicted octanol–water partition coefficient (Wildman–Crippen LogP) is 4.65. The second-order valence-electron chi connectivity index (χ2n) is 8.67. The van der Waals surface area contributed by atoms with Crippen LogP contribution >= 0.6 is 0 Å². The number of hydrogen-bond acceptors (Lipinski definition) is 4. The Labute approximate surface area is 176 Å². The zero-order valence-electron chi connectivity index (χ0n) is 16.8. The lowest BCUT2D eigenvalue weighted by molar-refractivity contribution is -0.324. The van der Waals surface area contributed by atoms with E-state index in [1.807, 2.05) is 0 Å². The van der Waals surface area contributed by atoms with E-state index in [0.717, 1.165) is 23.5 Å². The van der Waals surface area contributed by atoms with Crippen molar-refractivity contribution in [3.05, 3.63) is 82.4 Å². The van der Waals surface area contributed by atoms with Gasteiger partial charge in [0.05, 0.1) is 5.56 Å². The van der Waals surface area contributed by atoms with Gasteiger partial charge in [0.15, 0.2) is 0 Å². The number of allylic oxidation sites excluding steroid dienone is 5. The van der Waals surface area contributed by atoms with E-state index in [4.69, 9.17) is 0 Å². The maximum Gasteiger partial charge on any atom is 0.308 e. The normalized spacial score (nSPS) is 21.1. The van der Waals surface area contributed by atoms with E-state index in [2.05, 4.69) is 42.5 Å². The van der Waals surface area contributed by atoms with Crippen molar-refractivity contribution in [1.82, 2.24) is 0 Å². The molecule has 1 atom stereocenters. The standard InChI is InChI=1S/C26H26O4/c27-25-15-20(9-12-24(25)26(28,29)30)18-6-5-17(13-18)19-7-10-23-21(14-19)8-11-22(23)16-3-1-2-4-16/h6-16,22,27-30H,1-5H2. The molecule has 3 aliphatic rings. The summed E-state index contributed by atoms with van der Waals surface area (Å²) in [5.41, 5.74) is 6.59. The highest BCUT2D eigenvalue weighted by molar-refractivity contribution is 5.90. The Bertz CT molecular complexity index is 1080. The van der Waals surface area contributed by atoms with Gasteiger partial charge in [0, 0.05) is 5.92 Å². The molecule has 4 N–H and O–H groups in total. The Kier molecular flexibility index (Phi) is 4.66. The molecule has 1 saturated carbocycles. The molecule has 0 spiro atoms. The molecule has 0 bridgehead atoms. The first-order valence-corrected chi connectivity index (χ1v) is 10.6. The minimum absolute atomic E-state index is 0.337. The van der Waals surface area contributed by atoms with E-state index < -0.39 is 5.97 Å². The van der Waals surface area contributed by atoms with Gasteiger partial charge in [0.2, 0.25) is 0 Å². The van der Waals surface area contributed by atoms with Gasteiger partial charge in [-0.25, -0.2) is 0 Å². The van der Waals surface area contributed by atoms with Gasteiger partial charge in [-0.05, 0) is 76.8 Å². The van der Waals surface area contributed by atoms with Crippen molar-refractivity contribution in [2.75, 3.05) is 0 Å². The molecule has 0 aliphatic heterocycles. The van der Waals surface area contributed by atoms with E-state index >= 15 is 0 Å². The summed E-state index contributed by atoms with van der Waals surface area (Å²) in [6.07, 6.45) is 15.0. The van der Waals surface area contributed by atoms with E-state index in [-0.39, 0.29) is 11.3 Å². The van der Waals surface area contributed by atoms with Crippen LogP contribution in [0.5, 0.6) is 5.75 Å². The fourth-order valence-corrected chi connectivity index (χ4v) is 5.18. The predicted molar refractivity (Wildman–Crippen MR) is 117 cm³/mol. The molecule has 2 aromatic carbocycles. The minimum atomic E-state index is -3.05. The van der Waals surface area contributed by atoms with Gasteiger partial charge in [-0.2, -0.15) is 0 Å². The molecule has 0 amide bonds. The molecule has 1 fully saturated rings. The molecular weight excluding hydrogens is 376 g/mol. The monoisotopic (exact) mass is 402 g/mol. The fraction of sp³-hybridized carbons (Fsp3) is 0.308. The van der Waals surface area contributed by atoms with Crippen LogP contribution in [0.25, 0.3) is 17.2 Å². The number of aliphatic hydroxyl groups is 3. The smallest absolute Gasteiger partial charge is 0.308 e. The SMILES string of the molecule is Oc1cc(C2=CCC(c3ccc4c(c3)C=CC4C3CCCC3)=C2)ccc1C(O)(O)O. The molecule has 0 aromatic heterocycles. The lowest BCUT2D eigenvalue weighted by Gasteiger charge is -2.18. The van der Waals surface area contributed by atoms with Gasteiger partial charge >= 0.3 is 5.97 Å². The Morgan fingerprint density at radius 2 is 1.67 bits per heavy atom. The molecule has 4 heteroatoms. The maximum atomic E-state index is 10.1. The lowest BCUT2D eigenvalue weighted by atomic mass is 9.86. The van der Waals surface area contributed by atoms with Crippen LogP contribution in [0.3, 0.4) is 0 Å². The zero-order chi connectivity index (χ0) is 20.9. The molecule has 0 saturated heterocycles. The molecule has 2 aromatic rings. The summed E-state index contributed by atoms with van der Waals surface area (Å²) in [6.45, 7) is 0. The van der Waals surface area contributed by atoms with E-state index in [1.54, 1.807) is 6.07 Å². The third-order valence-corrected chi connectivity index (χ3v) is 6.77. The van der Waals surface area contributed by atoms with Crippen molar-refractivity contribution in [3.8, 4) is 5.75 Å². The van der Waals surface area contributed by atoms with Gasteiger partial charge in [-0.3, -0.25) is 0 Å². The fourth-order valence-electron chi connectivity index (χ4n) is 5.18. The van der Waals surface area contributed by atoms with Gasteiger partial charge in [0.25, 0.3) is 0 Å². The first-order chi connectivity index (χ1) is 14.4. The van der Waals surface area contributed by atoms with Crippen LogP contribution in [0, 0.1) is 5.92 Å². The molecule has 3 aliphatic carbocycles. The Morgan fingerprint density at radius 3 is 2.40 bits per heavy atom. The van der Waals surface area contributed by atoms with Crippen LogP contribution in [0.15, 0.2) is 54.6 Å². The Balaban J connectivity index is 1.38. The van der Waals surface area contributed by atoms with Crippen molar-refractivity contribution in [2.24, 2.45) is 5.92 Å². The molecule has 0 heterocycles. The topological polar surface area (TPSA) is 80.9 Å². The molecule has 1 unspecified atom stereocenters. The number of phenolic OH excluding ortho intramolecular Hbond substituents is 1. The molecule has 4 nitrogen and oxygen atoms in total. The Morgan fingerprint density at radius 1 is 0.900 bits per heavy atom. The summed E-state index contributed by atoms with van der Waals surface area (Å²) >= 11 is 0. The van der Waals surface area contributed by atoms with Crippen LogP contribution < -0.4 is 0 Å². The van der Waals surface area contributed by atoms with Gasteiger partial charge < -0.3 is 20.4 Å². The first-order valence-electron chi connectivity index (χ1n) is 10.6. The van der Waals surface area contributed by atoms with Gasteiger partial charge in [-0.15, -0.1) is 0 Å². The number of rotatable bonds is 4. The van der Waals surface area contributed by atoms with Crippen LogP contribution in [0.4, 0.5) is 0 Å². The van der Waals surface area contributed by atoms with E-state index in [0.29, 0.717) is 5.92 Å². The molecule has 154 valence electrons. The molecule has 30 heavy (non-hydrogen) atoms. The highest BCUT2D eigenvalue weighted by atomic mass is 16.7. The number of benzene rings is 2. The van der Waals surface area contributed by atoms with Gasteiger partial charge in [0.1, 0.15) is 5.75 Å². The molecule has 5 rings (SSSR count). The van der Waals surface area contributed by atoms with Crippen molar-refractivity contribution in [1.29, 1.82) is 0 Å². The molecular formula is C26H26O4. The van der Waals surface area contributed by atoms with Gasteiger partial charge in [-0.1, -0.05) is 55.3 Å². The third-order valence-electron chi connectivity index (χ3n) is 6.77. The number of fused-ring (bicyclic) bond motifs is 1.